The smallest absolute Gasteiger partial charge is 0.410 e. The molecule has 1 heterocycles. The summed E-state index contributed by atoms with van der Waals surface area (Å²) in [6.45, 7) is 9.22. The van der Waals surface area contributed by atoms with Crippen LogP contribution in [0, 0.1) is 10.1 Å². The molecule has 1 aromatic carbocycles. The number of Topliss-reactive ketones (excluding diaryl/α,β-unsaturated/α-hetero) is 1. The van der Waals surface area contributed by atoms with Gasteiger partial charge in [-0.2, -0.15) is 0 Å². The Morgan fingerprint density at radius 1 is 1.19 bits per heavy atom. The van der Waals surface area contributed by atoms with Crippen molar-refractivity contribution in [3.63, 3.8) is 0 Å². The molecule has 1 unspecified atom stereocenters. The minimum absolute atomic E-state index is 0.0761. The third kappa shape index (κ3) is 5.42. The normalized spacial score (nSPS) is 15.4. The number of nitro benzene ring substituents is 1. The largest absolute Gasteiger partial charge is 0.476 e. The molecule has 0 bridgehead atoms. The summed E-state index contributed by atoms with van der Waals surface area (Å²) in [6.07, 6.45) is -0.160. The summed E-state index contributed by atoms with van der Waals surface area (Å²) in [6, 6.07) is 3.10. The number of carbonyl (C=O) groups excluding carboxylic acids is 2. The molecule has 2 rings (SSSR count). The van der Waals surface area contributed by atoms with Crippen molar-refractivity contribution in [2.45, 2.75) is 59.2 Å². The molecule has 1 aliphatic heterocycles. The molecule has 0 saturated carbocycles. The molecule has 0 radical (unpaired) electrons. The number of carbonyl (C=O) groups is 2. The van der Waals surface area contributed by atoms with Gasteiger partial charge in [0.25, 0.3) is 0 Å². The minimum Gasteiger partial charge on any atom is -0.476 e. The maximum Gasteiger partial charge on any atom is 0.410 e. The number of hydrogen-bond donors (Lipinski definition) is 0. The molecule has 0 spiro atoms. The molecule has 1 aliphatic rings. The maximum atomic E-state index is 12.3. The topological polar surface area (TPSA) is 99.0 Å². The van der Waals surface area contributed by atoms with Crippen LogP contribution in [-0.2, 0) is 22.4 Å². The standard InChI is InChI=1S/C19H26N2O6/c1-12(22)13(2)26-17-11-15-7-9-20(18(23)27-19(3,4)5)8-6-14(15)10-16(17)21(24)25/h10-11,13H,6-9H2,1-5H3. The third-order valence-electron chi connectivity index (χ3n) is 4.31. The fourth-order valence-corrected chi connectivity index (χ4v) is 2.76. The van der Waals surface area contributed by atoms with E-state index in [9.17, 15) is 19.7 Å². The van der Waals surface area contributed by atoms with Gasteiger partial charge in [0, 0.05) is 19.2 Å². The molecule has 1 aromatic rings. The Kier molecular flexibility index (Phi) is 6.08. The van der Waals surface area contributed by atoms with E-state index in [1.807, 2.05) is 0 Å². The van der Waals surface area contributed by atoms with Gasteiger partial charge >= 0.3 is 11.8 Å². The van der Waals surface area contributed by atoms with Gasteiger partial charge < -0.3 is 14.4 Å². The predicted molar refractivity (Wildman–Crippen MR) is 99.1 cm³/mol. The number of rotatable bonds is 4. The highest BCUT2D eigenvalue weighted by Gasteiger charge is 2.27. The van der Waals surface area contributed by atoms with E-state index in [1.165, 1.54) is 13.0 Å². The summed E-state index contributed by atoms with van der Waals surface area (Å²) >= 11 is 0. The van der Waals surface area contributed by atoms with Crippen molar-refractivity contribution >= 4 is 17.6 Å². The van der Waals surface area contributed by atoms with Crippen molar-refractivity contribution in [3.05, 3.63) is 33.4 Å². The van der Waals surface area contributed by atoms with Crippen molar-refractivity contribution in [3.8, 4) is 5.75 Å². The van der Waals surface area contributed by atoms with Crippen molar-refractivity contribution in [2.75, 3.05) is 13.1 Å². The van der Waals surface area contributed by atoms with E-state index >= 15 is 0 Å². The minimum atomic E-state index is -0.772. The average molecular weight is 378 g/mol. The van der Waals surface area contributed by atoms with Crippen LogP contribution in [0.1, 0.15) is 45.7 Å². The van der Waals surface area contributed by atoms with Gasteiger partial charge in [-0.05, 0) is 64.7 Å². The molecule has 0 N–H and O–H groups in total. The van der Waals surface area contributed by atoms with Crippen LogP contribution in [0.25, 0.3) is 0 Å². The van der Waals surface area contributed by atoms with E-state index in [2.05, 4.69) is 0 Å². The van der Waals surface area contributed by atoms with E-state index < -0.39 is 22.7 Å². The van der Waals surface area contributed by atoms with Crippen LogP contribution in [0.15, 0.2) is 12.1 Å². The molecule has 0 fully saturated rings. The first-order chi connectivity index (χ1) is 12.5. The zero-order chi connectivity index (χ0) is 20.4. The lowest BCUT2D eigenvalue weighted by Gasteiger charge is -2.26. The first kappa shape index (κ1) is 20.7. The van der Waals surface area contributed by atoms with Crippen LogP contribution in [0.5, 0.6) is 5.75 Å². The molecule has 1 atom stereocenters. The molecule has 27 heavy (non-hydrogen) atoms. The summed E-state index contributed by atoms with van der Waals surface area (Å²) in [5.41, 5.74) is 0.916. The number of nitro groups is 1. The van der Waals surface area contributed by atoms with Gasteiger partial charge in [0.05, 0.1) is 4.92 Å². The van der Waals surface area contributed by atoms with E-state index in [4.69, 9.17) is 9.47 Å². The quantitative estimate of drug-likeness (QED) is 0.589. The van der Waals surface area contributed by atoms with Crippen LogP contribution in [0.2, 0.25) is 0 Å². The number of nitrogens with zero attached hydrogens (tertiary/aromatic N) is 2. The second-order valence-corrected chi connectivity index (χ2v) is 7.68. The molecule has 0 aromatic heterocycles. The maximum absolute atomic E-state index is 12.3. The number of ether oxygens (including phenoxy) is 2. The predicted octanol–water partition coefficient (Wildman–Crippen LogP) is 3.29. The first-order valence-electron chi connectivity index (χ1n) is 8.93. The fraction of sp³-hybridized carbons (Fsp3) is 0.579. The molecule has 8 heteroatoms. The number of hydrogen-bond acceptors (Lipinski definition) is 6. The van der Waals surface area contributed by atoms with Gasteiger partial charge in [-0.25, -0.2) is 4.79 Å². The number of benzene rings is 1. The average Bonchev–Trinajstić information content (AvgIpc) is 2.74. The van der Waals surface area contributed by atoms with E-state index in [1.54, 1.807) is 38.7 Å². The lowest BCUT2D eigenvalue weighted by molar-refractivity contribution is -0.386. The molecule has 1 amide bonds. The highest BCUT2D eigenvalue weighted by molar-refractivity contribution is 5.80. The van der Waals surface area contributed by atoms with Gasteiger partial charge in [0.1, 0.15) is 5.60 Å². The summed E-state index contributed by atoms with van der Waals surface area (Å²) in [4.78, 5) is 36.3. The Balaban J connectivity index is 2.26. The molecule has 148 valence electrons. The van der Waals surface area contributed by atoms with E-state index in [-0.39, 0.29) is 17.2 Å². The molecule has 8 nitrogen and oxygen atoms in total. The van der Waals surface area contributed by atoms with Crippen LogP contribution in [-0.4, -0.2) is 46.5 Å². The molecular weight excluding hydrogens is 352 g/mol. The van der Waals surface area contributed by atoms with Crippen LogP contribution >= 0.6 is 0 Å². The number of ketones is 1. The monoisotopic (exact) mass is 378 g/mol. The van der Waals surface area contributed by atoms with Gasteiger partial charge in [0.15, 0.2) is 17.6 Å². The van der Waals surface area contributed by atoms with Gasteiger partial charge in [0.2, 0.25) is 0 Å². The lowest BCUT2D eigenvalue weighted by Crippen LogP contribution is -2.38. The zero-order valence-corrected chi connectivity index (χ0v) is 16.4. The Hall–Kier alpha value is -2.64. The van der Waals surface area contributed by atoms with Crippen LogP contribution in [0.3, 0.4) is 0 Å². The van der Waals surface area contributed by atoms with Gasteiger partial charge in [-0.1, -0.05) is 0 Å². The van der Waals surface area contributed by atoms with Crippen molar-refractivity contribution in [2.24, 2.45) is 0 Å². The fourth-order valence-electron chi connectivity index (χ4n) is 2.76. The van der Waals surface area contributed by atoms with Gasteiger partial charge in [-0.15, -0.1) is 0 Å². The summed E-state index contributed by atoms with van der Waals surface area (Å²) < 4.78 is 10.9. The Morgan fingerprint density at radius 2 is 1.74 bits per heavy atom. The number of fused-ring (bicyclic) bond motifs is 1. The molecular formula is C19H26N2O6. The second-order valence-electron chi connectivity index (χ2n) is 7.68. The lowest BCUT2D eigenvalue weighted by atomic mass is 10.0. The van der Waals surface area contributed by atoms with E-state index in [0.29, 0.717) is 25.9 Å². The second kappa shape index (κ2) is 7.94. The summed E-state index contributed by atoms with van der Waals surface area (Å²) in [7, 11) is 0. The Morgan fingerprint density at radius 3 is 2.22 bits per heavy atom. The SMILES string of the molecule is CC(=O)C(C)Oc1cc2c(cc1[N+](=O)[O-])CCN(C(=O)OC(C)(C)C)CC2. The Bertz CT molecular complexity index is 753. The molecule has 0 aliphatic carbocycles. The van der Waals surface area contributed by atoms with Crippen molar-refractivity contribution < 1.29 is 24.0 Å². The van der Waals surface area contributed by atoms with Crippen molar-refractivity contribution in [1.29, 1.82) is 0 Å². The highest BCUT2D eigenvalue weighted by Crippen LogP contribution is 2.33. The van der Waals surface area contributed by atoms with E-state index in [0.717, 1.165) is 11.1 Å². The van der Waals surface area contributed by atoms with Gasteiger partial charge in [-0.3, -0.25) is 14.9 Å². The Labute approximate surface area is 158 Å². The highest BCUT2D eigenvalue weighted by atomic mass is 16.6. The first-order valence-corrected chi connectivity index (χ1v) is 8.93. The van der Waals surface area contributed by atoms with Crippen LogP contribution < -0.4 is 4.74 Å². The zero-order valence-electron chi connectivity index (χ0n) is 16.4. The molecule has 0 saturated heterocycles. The van der Waals surface area contributed by atoms with Crippen LogP contribution in [0.4, 0.5) is 10.5 Å². The van der Waals surface area contributed by atoms with Crippen molar-refractivity contribution in [1.82, 2.24) is 4.90 Å². The summed E-state index contributed by atoms with van der Waals surface area (Å²) in [5.74, 6) is -0.137. The third-order valence-corrected chi connectivity index (χ3v) is 4.31. The summed E-state index contributed by atoms with van der Waals surface area (Å²) in [5, 5.41) is 11.4. The number of amides is 1.